The maximum Gasteiger partial charge on any atom is 0.118 e. The molecule has 2 aliphatic rings. The van der Waals surface area contributed by atoms with Crippen molar-refractivity contribution in [2.45, 2.75) is 61.3 Å². The summed E-state index contributed by atoms with van der Waals surface area (Å²) in [5.74, 6) is 0.489. The molecule has 0 amide bonds. The van der Waals surface area contributed by atoms with E-state index in [4.69, 9.17) is 23.2 Å². The van der Waals surface area contributed by atoms with Crippen molar-refractivity contribution in [3.63, 3.8) is 0 Å². The number of halogens is 2. The average molecular weight is 312 g/mol. The van der Waals surface area contributed by atoms with Crippen molar-refractivity contribution in [3.05, 3.63) is 0 Å². The van der Waals surface area contributed by atoms with E-state index < -0.39 is 22.6 Å². The van der Waals surface area contributed by atoms with Crippen molar-refractivity contribution < 1.29 is 15.3 Å². The number of aliphatic hydroxyl groups excluding tert-OH is 3. The maximum absolute atomic E-state index is 9.91. The number of hydrogen-bond donors (Lipinski definition) is 3. The molecular formula is C13H23Cl2NO3. The third kappa shape index (κ3) is 3.74. The number of alkyl halides is 2. The van der Waals surface area contributed by atoms with Crippen molar-refractivity contribution in [1.82, 2.24) is 4.90 Å². The number of aliphatic hydroxyl groups is 3. The molecule has 1 aliphatic heterocycles. The van der Waals surface area contributed by atoms with Crippen molar-refractivity contribution in [2.24, 2.45) is 5.92 Å². The fourth-order valence-corrected chi connectivity index (χ4v) is 3.53. The molecule has 2 rings (SSSR count). The van der Waals surface area contributed by atoms with Gasteiger partial charge in [-0.1, -0.05) is 0 Å². The van der Waals surface area contributed by atoms with Gasteiger partial charge >= 0.3 is 0 Å². The molecule has 0 aromatic rings. The van der Waals surface area contributed by atoms with E-state index in [1.54, 1.807) is 0 Å². The molecule has 0 spiro atoms. The Balaban J connectivity index is 1.89. The van der Waals surface area contributed by atoms with Gasteiger partial charge in [0.05, 0.1) is 12.2 Å². The van der Waals surface area contributed by atoms with Crippen molar-refractivity contribution >= 4 is 23.2 Å². The summed E-state index contributed by atoms with van der Waals surface area (Å²) in [6.07, 6.45) is 0.682. The van der Waals surface area contributed by atoms with Crippen LogP contribution in [-0.2, 0) is 0 Å². The number of likely N-dealkylation sites (tertiary alicyclic amines) is 1. The molecule has 4 nitrogen and oxygen atoms in total. The minimum absolute atomic E-state index is 0.142. The van der Waals surface area contributed by atoms with Gasteiger partial charge in [-0.2, -0.15) is 0 Å². The number of hydrogen-bond acceptors (Lipinski definition) is 4. The Morgan fingerprint density at radius 1 is 1.11 bits per heavy atom. The van der Waals surface area contributed by atoms with Crippen LogP contribution >= 0.6 is 23.2 Å². The zero-order chi connectivity index (χ0) is 14.2. The Morgan fingerprint density at radius 2 is 1.68 bits per heavy atom. The van der Waals surface area contributed by atoms with Gasteiger partial charge in [0.25, 0.3) is 0 Å². The number of rotatable bonds is 2. The van der Waals surface area contributed by atoms with E-state index in [2.05, 4.69) is 4.90 Å². The van der Waals surface area contributed by atoms with Gasteiger partial charge in [-0.3, -0.25) is 4.90 Å². The molecule has 3 N–H and O–H groups in total. The Morgan fingerprint density at radius 3 is 2.26 bits per heavy atom. The number of piperidine rings is 1. The predicted molar refractivity (Wildman–Crippen MR) is 75.5 cm³/mol. The fraction of sp³-hybridized carbons (Fsp3) is 1.00. The molecular weight excluding hydrogens is 289 g/mol. The third-order valence-corrected chi connectivity index (χ3v) is 5.32. The van der Waals surface area contributed by atoms with Crippen LogP contribution in [0.2, 0.25) is 0 Å². The Labute approximate surface area is 124 Å². The van der Waals surface area contributed by atoms with Crippen LogP contribution in [0.1, 0.15) is 32.6 Å². The number of nitrogens with zero attached hydrogens (tertiary/aromatic N) is 1. The highest BCUT2D eigenvalue weighted by atomic mass is 35.5. The quantitative estimate of drug-likeness (QED) is 0.669. The summed E-state index contributed by atoms with van der Waals surface area (Å²) in [7, 11) is 0. The summed E-state index contributed by atoms with van der Waals surface area (Å²) < 4.78 is -0.584. The minimum atomic E-state index is -1.05. The lowest BCUT2D eigenvalue weighted by molar-refractivity contribution is -0.135. The first kappa shape index (κ1) is 15.8. The molecule has 19 heavy (non-hydrogen) atoms. The van der Waals surface area contributed by atoms with Gasteiger partial charge in [-0.05, 0) is 38.5 Å². The Hall–Kier alpha value is 0.420. The van der Waals surface area contributed by atoms with Gasteiger partial charge in [0.15, 0.2) is 0 Å². The van der Waals surface area contributed by atoms with Crippen LogP contribution in [0.5, 0.6) is 0 Å². The summed E-state index contributed by atoms with van der Waals surface area (Å²) in [5, 5.41) is 29.3. The smallest absolute Gasteiger partial charge is 0.118 e. The third-order valence-electron chi connectivity index (χ3n) is 4.57. The van der Waals surface area contributed by atoms with E-state index in [1.807, 2.05) is 6.92 Å². The second-order valence-corrected chi connectivity index (χ2v) is 7.68. The van der Waals surface area contributed by atoms with Gasteiger partial charge in [0.1, 0.15) is 10.4 Å². The Bertz CT molecular complexity index is 306. The largest absolute Gasteiger partial charge is 0.389 e. The molecule has 1 saturated heterocycles. The van der Waals surface area contributed by atoms with Gasteiger partial charge in [0.2, 0.25) is 0 Å². The van der Waals surface area contributed by atoms with Gasteiger partial charge in [0, 0.05) is 19.1 Å². The first-order chi connectivity index (χ1) is 8.80. The van der Waals surface area contributed by atoms with E-state index in [1.165, 1.54) is 0 Å². The summed E-state index contributed by atoms with van der Waals surface area (Å²) in [5.41, 5.74) is 0. The normalized spacial score (nSPS) is 41.4. The molecule has 6 heteroatoms. The van der Waals surface area contributed by atoms with E-state index >= 15 is 0 Å². The first-order valence-electron chi connectivity index (χ1n) is 6.96. The highest BCUT2D eigenvalue weighted by Crippen LogP contribution is 2.40. The first-order valence-corrected chi connectivity index (χ1v) is 7.72. The Kier molecular flexibility index (Phi) is 5.02. The van der Waals surface area contributed by atoms with E-state index in [9.17, 15) is 15.3 Å². The molecule has 0 unspecified atom stereocenters. The molecule has 1 aliphatic carbocycles. The lowest BCUT2D eigenvalue weighted by Gasteiger charge is -2.44. The van der Waals surface area contributed by atoms with Crippen LogP contribution in [0.15, 0.2) is 0 Å². The second kappa shape index (κ2) is 6.04. The lowest BCUT2D eigenvalue weighted by Crippen LogP contribution is -2.61. The fourth-order valence-electron chi connectivity index (χ4n) is 3.10. The van der Waals surface area contributed by atoms with Crippen LogP contribution in [0.4, 0.5) is 0 Å². The second-order valence-electron chi connectivity index (χ2n) is 6.04. The molecule has 0 aromatic heterocycles. The maximum atomic E-state index is 9.91. The van der Waals surface area contributed by atoms with Crippen molar-refractivity contribution in [2.75, 3.05) is 13.1 Å². The summed E-state index contributed by atoms with van der Waals surface area (Å²) in [6, 6.07) is -0.142. The van der Waals surface area contributed by atoms with Gasteiger partial charge < -0.3 is 15.3 Å². The van der Waals surface area contributed by atoms with Crippen LogP contribution in [-0.4, -0.2) is 62.0 Å². The summed E-state index contributed by atoms with van der Waals surface area (Å²) in [6.45, 7) is 3.10. The van der Waals surface area contributed by atoms with E-state index in [-0.39, 0.29) is 6.04 Å². The number of β-amino-alcohol motifs (C(OH)–C–C–N with tert-alkyl or cyclic N) is 1. The van der Waals surface area contributed by atoms with Crippen LogP contribution in [0.25, 0.3) is 0 Å². The molecule has 1 heterocycles. The SMILES string of the molecule is C[C@@H]1[C@@H](O)[C@H](O)[C@@H](O)CN1CC1CCC(Cl)(Cl)CC1. The molecule has 0 aromatic carbocycles. The van der Waals surface area contributed by atoms with Crippen LogP contribution in [0, 0.1) is 5.92 Å². The van der Waals surface area contributed by atoms with Gasteiger partial charge in [-0.15, -0.1) is 23.2 Å². The summed E-state index contributed by atoms with van der Waals surface area (Å²) in [4.78, 5) is 2.06. The van der Waals surface area contributed by atoms with E-state index in [0.29, 0.717) is 12.5 Å². The van der Waals surface area contributed by atoms with E-state index in [0.717, 1.165) is 32.2 Å². The van der Waals surface area contributed by atoms with Gasteiger partial charge in [-0.25, -0.2) is 0 Å². The monoisotopic (exact) mass is 311 g/mol. The summed E-state index contributed by atoms with van der Waals surface area (Å²) >= 11 is 12.2. The van der Waals surface area contributed by atoms with Crippen LogP contribution in [0.3, 0.4) is 0 Å². The molecule has 1 saturated carbocycles. The predicted octanol–water partition coefficient (Wildman–Crippen LogP) is 1.14. The average Bonchev–Trinajstić information content (AvgIpc) is 2.36. The lowest BCUT2D eigenvalue weighted by atomic mass is 9.86. The highest BCUT2D eigenvalue weighted by Gasteiger charge is 2.40. The molecule has 112 valence electrons. The topological polar surface area (TPSA) is 63.9 Å². The molecule has 0 radical (unpaired) electrons. The van der Waals surface area contributed by atoms with Crippen molar-refractivity contribution in [1.29, 1.82) is 0 Å². The van der Waals surface area contributed by atoms with Crippen LogP contribution < -0.4 is 0 Å². The minimum Gasteiger partial charge on any atom is -0.389 e. The van der Waals surface area contributed by atoms with Crippen molar-refractivity contribution in [3.8, 4) is 0 Å². The standard InChI is InChI=1S/C13H23Cl2NO3/c1-8-11(18)12(19)10(17)7-16(8)6-9-2-4-13(14,15)5-3-9/h8-12,17-19H,2-7H2,1H3/t8-,10+,11-,12-/m1/s1. The molecule has 2 fully saturated rings. The highest BCUT2D eigenvalue weighted by molar-refractivity contribution is 6.48. The molecule has 0 bridgehead atoms. The zero-order valence-electron chi connectivity index (χ0n) is 11.2. The zero-order valence-corrected chi connectivity index (χ0v) is 12.7. The molecule has 4 atom stereocenters.